The van der Waals surface area contributed by atoms with Gasteiger partial charge in [-0.3, -0.25) is 4.79 Å². The van der Waals surface area contributed by atoms with Gasteiger partial charge in [0.25, 0.3) is 0 Å². The first-order valence-electron chi connectivity index (χ1n) is 5.97. The Labute approximate surface area is 130 Å². The van der Waals surface area contributed by atoms with E-state index in [1.54, 1.807) is 12.3 Å². The minimum atomic E-state index is -1.08. The lowest BCUT2D eigenvalue weighted by Gasteiger charge is -2.08. The summed E-state index contributed by atoms with van der Waals surface area (Å²) in [5.41, 5.74) is 0.346. The number of carboxylic acids is 1. The average Bonchev–Trinajstić information content (AvgIpc) is 2.84. The summed E-state index contributed by atoms with van der Waals surface area (Å²) in [5.74, 6) is -0.428. The summed E-state index contributed by atoms with van der Waals surface area (Å²) in [5, 5.41) is 11.8. The first kappa shape index (κ1) is 15.5. The van der Waals surface area contributed by atoms with E-state index in [0.717, 1.165) is 10.7 Å². The molecule has 0 saturated heterocycles. The molecule has 1 aromatic carbocycles. The molecule has 2 N–H and O–H groups in total. The van der Waals surface area contributed by atoms with Gasteiger partial charge in [-0.15, -0.1) is 11.8 Å². The molecule has 0 saturated carbocycles. The minimum Gasteiger partial charge on any atom is -0.478 e. The fourth-order valence-corrected chi connectivity index (χ4v) is 2.53. The number of nitrogens with one attached hydrogen (secondary N) is 1. The predicted octanol–water partition coefficient (Wildman–Crippen LogP) is 3.67. The molecule has 1 amide bonds. The highest BCUT2D eigenvalue weighted by molar-refractivity contribution is 8.00. The van der Waals surface area contributed by atoms with Gasteiger partial charge in [0.05, 0.1) is 28.3 Å². The van der Waals surface area contributed by atoms with Crippen molar-refractivity contribution in [1.82, 2.24) is 0 Å². The number of hydrogen-bond donors (Lipinski definition) is 2. The van der Waals surface area contributed by atoms with Crippen molar-refractivity contribution < 1.29 is 19.1 Å². The number of anilines is 1. The molecule has 21 heavy (non-hydrogen) atoms. The second kappa shape index (κ2) is 6.69. The molecule has 0 aliphatic carbocycles. The topological polar surface area (TPSA) is 79.5 Å². The van der Waals surface area contributed by atoms with Gasteiger partial charge in [-0.25, -0.2) is 4.79 Å². The lowest BCUT2D eigenvalue weighted by Crippen LogP contribution is -2.14. The van der Waals surface area contributed by atoms with Crippen molar-refractivity contribution in [3.63, 3.8) is 0 Å². The van der Waals surface area contributed by atoms with Crippen LogP contribution in [0.5, 0.6) is 0 Å². The Balaban J connectivity index is 2.01. The zero-order valence-corrected chi connectivity index (χ0v) is 12.6. The molecule has 2 aromatic rings. The molecular weight excluding hydrogens is 314 g/mol. The summed E-state index contributed by atoms with van der Waals surface area (Å²) in [6.45, 7) is 1.81. The SMILES string of the molecule is Cc1occc1SCC(=O)Nc1cc(C(=O)O)ccc1Cl. The van der Waals surface area contributed by atoms with Gasteiger partial charge in [0.2, 0.25) is 5.91 Å². The van der Waals surface area contributed by atoms with Gasteiger partial charge in [0, 0.05) is 4.90 Å². The molecule has 0 fully saturated rings. The summed E-state index contributed by atoms with van der Waals surface area (Å²) < 4.78 is 5.14. The molecule has 1 aromatic heterocycles. The van der Waals surface area contributed by atoms with Crippen LogP contribution in [0.25, 0.3) is 0 Å². The maximum absolute atomic E-state index is 11.9. The number of furan rings is 1. The number of carboxylic acid groups (broad SMARTS) is 1. The maximum atomic E-state index is 11.9. The Morgan fingerprint density at radius 1 is 1.38 bits per heavy atom. The van der Waals surface area contributed by atoms with Gasteiger partial charge in [0.1, 0.15) is 5.76 Å². The van der Waals surface area contributed by atoms with E-state index in [-0.39, 0.29) is 27.9 Å². The summed E-state index contributed by atoms with van der Waals surface area (Å²) in [6.07, 6.45) is 1.56. The third-order valence-electron chi connectivity index (χ3n) is 2.66. The number of thioether (sulfide) groups is 1. The van der Waals surface area contributed by atoms with Gasteiger partial charge in [-0.1, -0.05) is 11.6 Å². The van der Waals surface area contributed by atoms with E-state index >= 15 is 0 Å². The van der Waals surface area contributed by atoms with Crippen molar-refractivity contribution in [3.8, 4) is 0 Å². The molecule has 2 rings (SSSR count). The normalized spacial score (nSPS) is 10.4. The quantitative estimate of drug-likeness (QED) is 0.820. The number of carbonyl (C=O) groups is 2. The molecular formula is C14H12ClNO4S. The lowest BCUT2D eigenvalue weighted by molar-refractivity contribution is -0.113. The van der Waals surface area contributed by atoms with Crippen LogP contribution in [0.4, 0.5) is 5.69 Å². The van der Waals surface area contributed by atoms with Crippen LogP contribution >= 0.6 is 23.4 Å². The zero-order valence-electron chi connectivity index (χ0n) is 11.1. The fourth-order valence-electron chi connectivity index (χ4n) is 1.61. The largest absolute Gasteiger partial charge is 0.478 e. The molecule has 0 radical (unpaired) electrons. The summed E-state index contributed by atoms with van der Waals surface area (Å²) in [4.78, 5) is 23.7. The summed E-state index contributed by atoms with van der Waals surface area (Å²) >= 11 is 7.27. The number of benzene rings is 1. The average molecular weight is 326 g/mol. The Morgan fingerprint density at radius 2 is 2.14 bits per heavy atom. The Kier molecular flexibility index (Phi) is 4.93. The van der Waals surface area contributed by atoms with E-state index in [4.69, 9.17) is 21.1 Å². The number of hydrogen-bond acceptors (Lipinski definition) is 4. The molecule has 1 heterocycles. The first-order chi connectivity index (χ1) is 9.97. The highest BCUT2D eigenvalue weighted by Crippen LogP contribution is 2.25. The van der Waals surface area contributed by atoms with Crippen molar-refractivity contribution in [2.24, 2.45) is 0 Å². The van der Waals surface area contributed by atoms with E-state index in [1.165, 1.54) is 30.0 Å². The molecule has 0 spiro atoms. The molecule has 0 aliphatic heterocycles. The molecule has 110 valence electrons. The molecule has 7 heteroatoms. The summed E-state index contributed by atoms with van der Waals surface area (Å²) in [7, 11) is 0. The zero-order chi connectivity index (χ0) is 15.4. The number of aromatic carboxylic acids is 1. The number of rotatable bonds is 5. The third kappa shape index (κ3) is 4.03. The van der Waals surface area contributed by atoms with Crippen LogP contribution in [0, 0.1) is 6.92 Å². The second-order valence-corrected chi connectivity index (χ2v) is 5.60. The lowest BCUT2D eigenvalue weighted by atomic mass is 10.2. The standard InChI is InChI=1S/C14H12ClNO4S/c1-8-12(4-5-20-8)21-7-13(17)16-11-6-9(14(18)19)2-3-10(11)15/h2-6H,7H2,1H3,(H,16,17)(H,18,19). The van der Waals surface area contributed by atoms with Gasteiger partial charge in [-0.05, 0) is 31.2 Å². The number of amides is 1. The van der Waals surface area contributed by atoms with Gasteiger partial charge in [-0.2, -0.15) is 0 Å². The van der Waals surface area contributed by atoms with Crippen LogP contribution < -0.4 is 5.32 Å². The Hall–Kier alpha value is -1.92. The molecule has 0 atom stereocenters. The van der Waals surface area contributed by atoms with Crippen LogP contribution in [-0.2, 0) is 4.79 Å². The molecule has 0 bridgehead atoms. The van der Waals surface area contributed by atoms with E-state index in [9.17, 15) is 9.59 Å². The maximum Gasteiger partial charge on any atom is 0.335 e. The number of carbonyl (C=O) groups excluding carboxylic acids is 1. The van der Waals surface area contributed by atoms with Crippen molar-refractivity contribution in [1.29, 1.82) is 0 Å². The molecule has 5 nitrogen and oxygen atoms in total. The minimum absolute atomic E-state index is 0.0630. The van der Waals surface area contributed by atoms with Crippen LogP contribution in [0.15, 0.2) is 39.8 Å². The molecule has 0 aliphatic rings. The van der Waals surface area contributed by atoms with Crippen LogP contribution in [-0.4, -0.2) is 22.7 Å². The monoisotopic (exact) mass is 325 g/mol. The Bertz CT molecular complexity index is 683. The van der Waals surface area contributed by atoms with Gasteiger partial charge >= 0.3 is 5.97 Å². The van der Waals surface area contributed by atoms with E-state index in [0.29, 0.717) is 0 Å². The highest BCUT2D eigenvalue weighted by atomic mass is 35.5. The number of halogens is 1. The Morgan fingerprint density at radius 3 is 2.76 bits per heavy atom. The number of aryl methyl sites for hydroxylation is 1. The fraction of sp³-hybridized carbons (Fsp3) is 0.143. The van der Waals surface area contributed by atoms with Crippen molar-refractivity contribution in [3.05, 3.63) is 46.9 Å². The van der Waals surface area contributed by atoms with Gasteiger partial charge < -0.3 is 14.8 Å². The molecule has 0 unspecified atom stereocenters. The second-order valence-electron chi connectivity index (χ2n) is 4.18. The summed E-state index contributed by atoms with van der Waals surface area (Å²) in [6, 6.07) is 5.93. The predicted molar refractivity (Wildman–Crippen MR) is 81.2 cm³/mol. The van der Waals surface area contributed by atoms with E-state index in [1.807, 2.05) is 6.92 Å². The first-order valence-corrected chi connectivity index (χ1v) is 7.33. The van der Waals surface area contributed by atoms with Crippen molar-refractivity contribution >= 4 is 40.9 Å². The van der Waals surface area contributed by atoms with Crippen molar-refractivity contribution in [2.75, 3.05) is 11.1 Å². The van der Waals surface area contributed by atoms with Gasteiger partial charge in [0.15, 0.2) is 0 Å². The van der Waals surface area contributed by atoms with Crippen molar-refractivity contribution in [2.45, 2.75) is 11.8 Å². The highest BCUT2D eigenvalue weighted by Gasteiger charge is 2.11. The van der Waals surface area contributed by atoms with Crippen LogP contribution in [0.2, 0.25) is 5.02 Å². The smallest absolute Gasteiger partial charge is 0.335 e. The van der Waals surface area contributed by atoms with Crippen LogP contribution in [0.1, 0.15) is 16.1 Å². The van der Waals surface area contributed by atoms with E-state index in [2.05, 4.69) is 5.32 Å². The third-order valence-corrected chi connectivity index (χ3v) is 4.13. The van der Waals surface area contributed by atoms with Crippen LogP contribution in [0.3, 0.4) is 0 Å². The van der Waals surface area contributed by atoms with E-state index < -0.39 is 5.97 Å².